The molecule has 1 saturated heterocycles. The highest BCUT2D eigenvalue weighted by atomic mass is 16.3. The van der Waals surface area contributed by atoms with Crippen molar-refractivity contribution in [1.29, 1.82) is 0 Å². The van der Waals surface area contributed by atoms with E-state index in [1.165, 1.54) is 16.8 Å². The summed E-state index contributed by atoms with van der Waals surface area (Å²) in [6.07, 6.45) is 0. The standard InChI is InChI=1S/C24H27N3O3/c1-15-8-6-10-18(12-15)21(19-11-7-9-16(2)13-19)20-14-26(5)24(30)22(27(20)25-4)23(29)17(3)28/h6-13,20-21,29H,4,14H2,1-3,5H3/b23-22+. The van der Waals surface area contributed by atoms with E-state index < -0.39 is 17.4 Å². The van der Waals surface area contributed by atoms with Gasteiger partial charge in [0.1, 0.15) is 0 Å². The number of carbonyl (C=O) groups excluding carboxylic acids is 2. The van der Waals surface area contributed by atoms with Gasteiger partial charge >= 0.3 is 0 Å². The van der Waals surface area contributed by atoms with Crippen molar-refractivity contribution < 1.29 is 14.7 Å². The summed E-state index contributed by atoms with van der Waals surface area (Å²) in [4.78, 5) is 26.2. The van der Waals surface area contributed by atoms with Crippen LogP contribution in [0.3, 0.4) is 0 Å². The number of hydrazone groups is 1. The lowest BCUT2D eigenvalue weighted by Crippen LogP contribution is -2.54. The van der Waals surface area contributed by atoms with Gasteiger partial charge in [0.15, 0.2) is 17.2 Å². The largest absolute Gasteiger partial charge is 0.503 e. The van der Waals surface area contributed by atoms with Crippen molar-refractivity contribution in [3.63, 3.8) is 0 Å². The molecule has 0 aromatic heterocycles. The van der Waals surface area contributed by atoms with Crippen LogP contribution in [0.15, 0.2) is 65.1 Å². The molecule has 1 fully saturated rings. The maximum Gasteiger partial charge on any atom is 0.275 e. The Balaban J connectivity index is 2.23. The van der Waals surface area contributed by atoms with Crippen LogP contribution in [-0.4, -0.2) is 53.1 Å². The van der Waals surface area contributed by atoms with Crippen LogP contribution in [0.4, 0.5) is 0 Å². The van der Waals surface area contributed by atoms with Crippen LogP contribution >= 0.6 is 0 Å². The van der Waals surface area contributed by atoms with E-state index in [4.69, 9.17) is 0 Å². The van der Waals surface area contributed by atoms with E-state index in [1.807, 2.05) is 50.2 Å². The van der Waals surface area contributed by atoms with Gasteiger partial charge < -0.3 is 10.0 Å². The molecule has 3 rings (SSSR count). The van der Waals surface area contributed by atoms with Crippen LogP contribution < -0.4 is 0 Å². The number of hydrogen-bond donors (Lipinski definition) is 1. The van der Waals surface area contributed by atoms with Crippen LogP contribution in [0.25, 0.3) is 0 Å². The van der Waals surface area contributed by atoms with Gasteiger partial charge in [0, 0.05) is 33.2 Å². The van der Waals surface area contributed by atoms with E-state index in [2.05, 4.69) is 24.0 Å². The number of Topliss-reactive ketones (excluding diaryl/α,β-unsaturated/α-hetero) is 1. The number of aliphatic hydroxyl groups excluding tert-OH is 1. The van der Waals surface area contributed by atoms with Crippen molar-refractivity contribution in [1.82, 2.24) is 9.91 Å². The zero-order chi connectivity index (χ0) is 22.0. The molecule has 0 aliphatic carbocycles. The number of nitrogens with zero attached hydrogens (tertiary/aromatic N) is 3. The molecule has 1 aliphatic rings. The Morgan fingerprint density at radius 1 is 1.13 bits per heavy atom. The third-order valence-corrected chi connectivity index (χ3v) is 5.45. The fourth-order valence-corrected chi connectivity index (χ4v) is 4.05. The first-order valence-corrected chi connectivity index (χ1v) is 9.83. The van der Waals surface area contributed by atoms with Gasteiger partial charge in [-0.1, -0.05) is 59.7 Å². The fraction of sp³-hybridized carbons (Fsp3) is 0.292. The molecule has 1 amide bonds. The van der Waals surface area contributed by atoms with Crippen LogP contribution in [0.2, 0.25) is 0 Å². The lowest BCUT2D eigenvalue weighted by molar-refractivity contribution is -0.133. The van der Waals surface area contributed by atoms with E-state index in [9.17, 15) is 14.7 Å². The topological polar surface area (TPSA) is 73.2 Å². The first kappa shape index (κ1) is 21.3. The highest BCUT2D eigenvalue weighted by Gasteiger charge is 2.42. The summed E-state index contributed by atoms with van der Waals surface area (Å²) in [5, 5.41) is 15.9. The van der Waals surface area contributed by atoms with Gasteiger partial charge in [-0.25, -0.2) is 0 Å². The third-order valence-electron chi connectivity index (χ3n) is 5.45. The Kier molecular flexibility index (Phi) is 6.06. The van der Waals surface area contributed by atoms with Crippen molar-refractivity contribution in [3.05, 3.63) is 82.2 Å². The predicted molar refractivity (Wildman–Crippen MR) is 117 cm³/mol. The monoisotopic (exact) mass is 405 g/mol. The SMILES string of the molecule is C=NN1/C(=C(/O)C(C)=O)C(=O)N(C)CC1C(c1cccc(C)c1)c1cccc(C)c1. The summed E-state index contributed by atoms with van der Waals surface area (Å²) in [6.45, 7) is 9.28. The van der Waals surface area contributed by atoms with Gasteiger partial charge in [-0.3, -0.25) is 14.6 Å². The summed E-state index contributed by atoms with van der Waals surface area (Å²) in [6, 6.07) is 16.0. The minimum absolute atomic E-state index is 0.137. The smallest absolute Gasteiger partial charge is 0.275 e. The Bertz CT molecular complexity index is 982. The van der Waals surface area contributed by atoms with E-state index in [0.29, 0.717) is 6.54 Å². The molecule has 0 spiro atoms. The lowest BCUT2D eigenvalue weighted by atomic mass is 9.82. The maximum atomic E-state index is 12.8. The molecule has 6 heteroatoms. The van der Waals surface area contributed by atoms with Crippen LogP contribution in [0, 0.1) is 13.8 Å². The highest BCUT2D eigenvalue weighted by molar-refractivity contribution is 6.03. The summed E-state index contributed by atoms with van der Waals surface area (Å²) in [7, 11) is 1.66. The zero-order valence-electron chi connectivity index (χ0n) is 17.8. The summed E-state index contributed by atoms with van der Waals surface area (Å²) in [5.41, 5.74) is 4.21. The van der Waals surface area contributed by atoms with Crippen LogP contribution in [0.5, 0.6) is 0 Å². The van der Waals surface area contributed by atoms with E-state index in [-0.39, 0.29) is 17.7 Å². The maximum absolute atomic E-state index is 12.8. The Morgan fingerprint density at radius 3 is 2.10 bits per heavy atom. The van der Waals surface area contributed by atoms with E-state index in [0.717, 1.165) is 22.3 Å². The number of hydrogen-bond acceptors (Lipinski definition) is 5. The normalized spacial score (nSPS) is 18.6. The van der Waals surface area contributed by atoms with Crippen LogP contribution in [-0.2, 0) is 9.59 Å². The molecule has 1 unspecified atom stereocenters. The minimum Gasteiger partial charge on any atom is -0.503 e. The zero-order valence-corrected chi connectivity index (χ0v) is 17.8. The van der Waals surface area contributed by atoms with Gasteiger partial charge in [-0.15, -0.1) is 0 Å². The third kappa shape index (κ3) is 3.99. The number of ketones is 1. The van der Waals surface area contributed by atoms with Gasteiger partial charge in [-0.2, -0.15) is 5.10 Å². The molecular formula is C24H27N3O3. The average molecular weight is 405 g/mol. The number of benzene rings is 2. The molecule has 1 atom stereocenters. The summed E-state index contributed by atoms with van der Waals surface area (Å²) in [5.74, 6) is -1.82. The quantitative estimate of drug-likeness (QED) is 0.469. The van der Waals surface area contributed by atoms with Gasteiger partial charge in [0.05, 0.1) is 6.04 Å². The average Bonchev–Trinajstić information content (AvgIpc) is 2.70. The van der Waals surface area contributed by atoms with E-state index >= 15 is 0 Å². The second kappa shape index (κ2) is 8.53. The molecule has 1 aliphatic heterocycles. The number of likely N-dealkylation sites (N-methyl/N-ethyl adjacent to an activating group) is 1. The van der Waals surface area contributed by atoms with E-state index in [1.54, 1.807) is 7.05 Å². The molecular weight excluding hydrogens is 378 g/mol. The number of amides is 1. The Labute approximate surface area is 177 Å². The van der Waals surface area contributed by atoms with Gasteiger partial charge in [0.25, 0.3) is 5.91 Å². The molecule has 30 heavy (non-hydrogen) atoms. The van der Waals surface area contributed by atoms with Gasteiger partial charge in [0.2, 0.25) is 0 Å². The molecule has 156 valence electrons. The Hall–Kier alpha value is -3.41. The van der Waals surface area contributed by atoms with Gasteiger partial charge in [-0.05, 0) is 25.0 Å². The predicted octanol–water partition coefficient (Wildman–Crippen LogP) is 3.55. The van der Waals surface area contributed by atoms with Crippen molar-refractivity contribution in [2.24, 2.45) is 5.10 Å². The lowest BCUT2D eigenvalue weighted by Gasteiger charge is -2.43. The second-order valence-corrected chi connectivity index (χ2v) is 7.80. The molecule has 1 heterocycles. The van der Waals surface area contributed by atoms with Crippen molar-refractivity contribution in [2.75, 3.05) is 13.6 Å². The molecule has 2 aromatic carbocycles. The number of rotatable bonds is 5. The van der Waals surface area contributed by atoms with Crippen molar-refractivity contribution in [3.8, 4) is 0 Å². The number of piperazine rings is 1. The number of aliphatic hydroxyl groups is 1. The van der Waals surface area contributed by atoms with Crippen molar-refractivity contribution in [2.45, 2.75) is 32.7 Å². The molecule has 1 N–H and O–H groups in total. The highest BCUT2D eigenvalue weighted by Crippen LogP contribution is 2.37. The number of aryl methyl sites for hydroxylation is 2. The van der Waals surface area contributed by atoms with Crippen molar-refractivity contribution >= 4 is 18.4 Å². The molecule has 0 radical (unpaired) electrons. The Morgan fingerprint density at radius 2 is 1.67 bits per heavy atom. The second-order valence-electron chi connectivity index (χ2n) is 7.80. The number of allylic oxidation sites excluding steroid dienone is 1. The van der Waals surface area contributed by atoms with Crippen LogP contribution in [0.1, 0.15) is 35.1 Å². The molecule has 6 nitrogen and oxygen atoms in total. The number of carbonyl (C=O) groups is 2. The fourth-order valence-electron chi connectivity index (χ4n) is 4.05. The molecule has 2 aromatic rings. The first-order valence-electron chi connectivity index (χ1n) is 9.83. The minimum atomic E-state index is -0.601. The summed E-state index contributed by atoms with van der Waals surface area (Å²) >= 11 is 0. The molecule has 0 saturated carbocycles. The summed E-state index contributed by atoms with van der Waals surface area (Å²) < 4.78 is 0. The first-order chi connectivity index (χ1) is 14.2. The molecule has 0 bridgehead atoms.